The predicted octanol–water partition coefficient (Wildman–Crippen LogP) is 3.77. The van der Waals surface area contributed by atoms with Crippen LogP contribution in [0, 0.1) is 0 Å². The number of halogens is 1. The zero-order chi connectivity index (χ0) is 8.27. The van der Waals surface area contributed by atoms with E-state index in [1.54, 1.807) is 6.07 Å². The molecule has 1 unspecified atom stereocenters. The van der Waals surface area contributed by atoms with Gasteiger partial charge in [-0.15, -0.1) is 11.3 Å². The van der Waals surface area contributed by atoms with E-state index in [4.69, 9.17) is 17.1 Å². The zero-order valence-electron chi connectivity index (χ0n) is 5.86. The quantitative estimate of drug-likeness (QED) is 0.385. The molecular weight excluding hydrogens is 182 g/mol. The van der Waals surface area contributed by atoms with Crippen molar-refractivity contribution in [2.75, 3.05) is 0 Å². The summed E-state index contributed by atoms with van der Waals surface area (Å²) in [5, 5.41) is 3.54. The van der Waals surface area contributed by atoms with Gasteiger partial charge in [-0.2, -0.15) is 0 Å². The smallest absolute Gasteiger partial charge is 0.0931 e. The maximum Gasteiger partial charge on any atom is 0.0931 e. The van der Waals surface area contributed by atoms with Crippen molar-refractivity contribution in [3.63, 3.8) is 0 Å². The van der Waals surface area contributed by atoms with E-state index in [1.165, 1.54) is 11.3 Å². The van der Waals surface area contributed by atoms with Gasteiger partial charge >= 0.3 is 0 Å². The maximum absolute atomic E-state index is 8.13. The van der Waals surface area contributed by atoms with E-state index in [9.17, 15) is 0 Å². The Labute approximate surface area is 73.2 Å². The van der Waals surface area contributed by atoms with Crippen molar-refractivity contribution < 1.29 is 0 Å². The molecule has 1 aromatic heterocycles. The van der Waals surface area contributed by atoms with Crippen LogP contribution >= 0.6 is 22.9 Å². The van der Waals surface area contributed by atoms with Crippen molar-refractivity contribution in [1.29, 1.82) is 0 Å². The molecule has 5 heteroatoms. The van der Waals surface area contributed by atoms with Crippen molar-refractivity contribution in [2.24, 2.45) is 5.11 Å². The molecule has 0 aliphatic rings. The largest absolute Gasteiger partial charge is 0.128 e. The van der Waals surface area contributed by atoms with E-state index >= 15 is 0 Å². The van der Waals surface area contributed by atoms with E-state index in [1.807, 2.05) is 13.0 Å². The van der Waals surface area contributed by atoms with E-state index in [0.717, 1.165) is 9.21 Å². The molecule has 0 spiro atoms. The van der Waals surface area contributed by atoms with E-state index in [0.29, 0.717) is 0 Å². The van der Waals surface area contributed by atoms with Crippen molar-refractivity contribution in [1.82, 2.24) is 0 Å². The molecule has 1 heterocycles. The molecule has 0 N–H and O–H groups in total. The van der Waals surface area contributed by atoms with Crippen LogP contribution in [0.5, 0.6) is 0 Å². The SMILES string of the molecule is CC(N=[N+]=[N-])c1ccc(Cl)s1. The van der Waals surface area contributed by atoms with Crippen molar-refractivity contribution in [3.05, 3.63) is 31.8 Å². The lowest BCUT2D eigenvalue weighted by Crippen LogP contribution is -1.79. The lowest BCUT2D eigenvalue weighted by Gasteiger charge is -1.96. The topological polar surface area (TPSA) is 48.8 Å². The van der Waals surface area contributed by atoms with Crippen LogP contribution in [0.4, 0.5) is 0 Å². The summed E-state index contributed by atoms with van der Waals surface area (Å²) >= 11 is 7.12. The average molecular weight is 188 g/mol. The van der Waals surface area contributed by atoms with Gasteiger partial charge in [-0.1, -0.05) is 23.6 Å². The van der Waals surface area contributed by atoms with Crippen molar-refractivity contribution in [2.45, 2.75) is 13.0 Å². The third kappa shape index (κ3) is 2.12. The predicted molar refractivity (Wildman–Crippen MR) is 46.9 cm³/mol. The summed E-state index contributed by atoms with van der Waals surface area (Å²) < 4.78 is 0.722. The monoisotopic (exact) mass is 187 g/mol. The fourth-order valence-corrected chi connectivity index (χ4v) is 1.73. The number of hydrogen-bond acceptors (Lipinski definition) is 2. The van der Waals surface area contributed by atoms with Crippen LogP contribution in [-0.2, 0) is 0 Å². The summed E-state index contributed by atoms with van der Waals surface area (Å²) in [6, 6.07) is 3.55. The van der Waals surface area contributed by atoms with E-state index in [-0.39, 0.29) is 6.04 Å². The van der Waals surface area contributed by atoms with Gasteiger partial charge in [-0.3, -0.25) is 0 Å². The molecule has 1 atom stereocenters. The van der Waals surface area contributed by atoms with Crippen LogP contribution in [0.3, 0.4) is 0 Å². The molecule has 0 aromatic carbocycles. The molecule has 0 aliphatic heterocycles. The Kier molecular flexibility index (Phi) is 2.76. The fourth-order valence-electron chi connectivity index (χ4n) is 0.687. The van der Waals surface area contributed by atoms with E-state index < -0.39 is 0 Å². The van der Waals surface area contributed by atoms with Gasteiger partial charge in [0.1, 0.15) is 0 Å². The Morgan fingerprint density at radius 2 is 2.45 bits per heavy atom. The first-order valence-electron chi connectivity index (χ1n) is 3.03. The summed E-state index contributed by atoms with van der Waals surface area (Å²) in [6.45, 7) is 1.84. The molecule has 1 rings (SSSR count). The second-order valence-corrected chi connectivity index (χ2v) is 3.77. The summed E-state index contributed by atoms with van der Waals surface area (Å²) in [5.41, 5.74) is 8.13. The first-order valence-corrected chi connectivity index (χ1v) is 4.23. The summed E-state index contributed by atoms with van der Waals surface area (Å²) in [5.74, 6) is 0. The Balaban J connectivity index is 2.84. The minimum Gasteiger partial charge on any atom is -0.128 e. The van der Waals surface area contributed by atoms with Gasteiger partial charge in [0.05, 0.1) is 10.4 Å². The molecular formula is C6H6ClN3S. The third-order valence-electron chi connectivity index (χ3n) is 1.23. The van der Waals surface area contributed by atoms with Gasteiger partial charge in [-0.05, 0) is 17.7 Å². The van der Waals surface area contributed by atoms with Crippen LogP contribution in [0.1, 0.15) is 17.8 Å². The molecule has 1 aromatic rings. The second-order valence-electron chi connectivity index (χ2n) is 2.02. The number of hydrogen-bond donors (Lipinski definition) is 0. The minimum atomic E-state index is -0.113. The minimum absolute atomic E-state index is 0.113. The first-order chi connectivity index (χ1) is 5.24. The van der Waals surface area contributed by atoms with Crippen molar-refractivity contribution in [3.8, 4) is 0 Å². The molecule has 0 aliphatic carbocycles. The number of thiophene rings is 1. The lowest BCUT2D eigenvalue weighted by molar-refractivity contribution is 0.827. The number of rotatable bonds is 2. The molecule has 0 radical (unpaired) electrons. The van der Waals surface area contributed by atoms with Gasteiger partial charge in [0.15, 0.2) is 0 Å². The summed E-state index contributed by atoms with van der Waals surface area (Å²) in [7, 11) is 0. The zero-order valence-corrected chi connectivity index (χ0v) is 7.43. The normalized spacial score (nSPS) is 12.2. The molecule has 0 amide bonds. The Bertz CT molecular complexity index is 290. The Hall–Kier alpha value is -0.700. The Morgan fingerprint density at radius 3 is 2.91 bits per heavy atom. The highest BCUT2D eigenvalue weighted by Gasteiger charge is 2.04. The van der Waals surface area contributed by atoms with Crippen LogP contribution in [0.2, 0.25) is 4.34 Å². The molecule has 0 bridgehead atoms. The maximum atomic E-state index is 8.13. The third-order valence-corrected chi connectivity index (χ3v) is 2.63. The van der Waals surface area contributed by atoms with Crippen LogP contribution in [0.15, 0.2) is 17.2 Å². The van der Waals surface area contributed by atoms with Gasteiger partial charge in [0.2, 0.25) is 0 Å². The van der Waals surface area contributed by atoms with Gasteiger partial charge in [-0.25, -0.2) is 0 Å². The van der Waals surface area contributed by atoms with Crippen LogP contribution < -0.4 is 0 Å². The van der Waals surface area contributed by atoms with E-state index in [2.05, 4.69) is 10.0 Å². The van der Waals surface area contributed by atoms with Gasteiger partial charge < -0.3 is 0 Å². The highest BCUT2D eigenvalue weighted by molar-refractivity contribution is 7.16. The molecule has 0 saturated carbocycles. The first kappa shape index (κ1) is 8.40. The molecule has 58 valence electrons. The average Bonchev–Trinajstić information content (AvgIpc) is 2.36. The van der Waals surface area contributed by atoms with Crippen LogP contribution in [-0.4, -0.2) is 0 Å². The molecule has 0 fully saturated rings. The molecule has 3 nitrogen and oxygen atoms in total. The Morgan fingerprint density at radius 1 is 1.73 bits per heavy atom. The summed E-state index contributed by atoms with van der Waals surface area (Å²) in [6.07, 6.45) is 0. The highest BCUT2D eigenvalue weighted by Crippen LogP contribution is 2.28. The van der Waals surface area contributed by atoms with Gasteiger partial charge in [0.25, 0.3) is 0 Å². The second kappa shape index (κ2) is 3.62. The lowest BCUT2D eigenvalue weighted by atomic mass is 10.3. The standard InChI is InChI=1S/C6H6ClN3S/c1-4(9-10-8)5-2-3-6(7)11-5/h2-4H,1H3. The molecule has 11 heavy (non-hydrogen) atoms. The fraction of sp³-hybridized carbons (Fsp3) is 0.333. The van der Waals surface area contributed by atoms with Gasteiger partial charge in [0, 0.05) is 9.79 Å². The number of nitrogens with zero attached hydrogens (tertiary/aromatic N) is 3. The van der Waals surface area contributed by atoms with Crippen molar-refractivity contribution >= 4 is 22.9 Å². The number of azide groups is 1. The molecule has 0 saturated heterocycles. The van der Waals surface area contributed by atoms with Crippen LogP contribution in [0.25, 0.3) is 10.4 Å². The highest BCUT2D eigenvalue weighted by atomic mass is 35.5. The summed E-state index contributed by atoms with van der Waals surface area (Å²) in [4.78, 5) is 3.70.